The summed E-state index contributed by atoms with van der Waals surface area (Å²) in [5.74, 6) is 0.875. The summed E-state index contributed by atoms with van der Waals surface area (Å²) in [5.41, 5.74) is 0.493. The molecule has 114 valence electrons. The van der Waals surface area contributed by atoms with Crippen LogP contribution in [0.15, 0.2) is 0 Å². The summed E-state index contributed by atoms with van der Waals surface area (Å²) in [6.45, 7) is 15.4. The van der Waals surface area contributed by atoms with Crippen LogP contribution in [0.25, 0.3) is 0 Å². The smallest absolute Gasteiger partial charge is 0.0254 e. The minimum absolute atomic E-state index is 0.493. The van der Waals surface area contributed by atoms with E-state index >= 15 is 0 Å². The van der Waals surface area contributed by atoms with Gasteiger partial charge in [0.25, 0.3) is 0 Å². The summed E-state index contributed by atoms with van der Waals surface area (Å²) in [6, 6.07) is 2.03. The molecule has 1 aliphatic carbocycles. The molecule has 0 spiro atoms. The van der Waals surface area contributed by atoms with E-state index in [9.17, 15) is 0 Å². The van der Waals surface area contributed by atoms with E-state index in [1.54, 1.807) is 0 Å². The van der Waals surface area contributed by atoms with Crippen molar-refractivity contribution in [3.63, 3.8) is 0 Å². The van der Waals surface area contributed by atoms with Gasteiger partial charge in [-0.15, -0.1) is 0 Å². The van der Waals surface area contributed by atoms with Gasteiger partial charge in [-0.1, -0.05) is 34.1 Å². The molecule has 19 heavy (non-hydrogen) atoms. The predicted octanol–water partition coefficient (Wildman–Crippen LogP) is 3.91. The first-order valence-corrected chi connectivity index (χ1v) is 8.30. The van der Waals surface area contributed by atoms with Crippen LogP contribution in [0.5, 0.6) is 0 Å². The van der Waals surface area contributed by atoms with E-state index in [0.29, 0.717) is 23.5 Å². The van der Waals surface area contributed by atoms with Gasteiger partial charge in [-0.05, 0) is 58.0 Å². The van der Waals surface area contributed by atoms with E-state index < -0.39 is 0 Å². The Kier molecular flexibility index (Phi) is 6.32. The second-order valence-electron chi connectivity index (χ2n) is 7.24. The highest BCUT2D eigenvalue weighted by molar-refractivity contribution is 4.95. The normalized spacial score (nSPS) is 29.2. The van der Waals surface area contributed by atoms with Crippen LogP contribution in [0.2, 0.25) is 0 Å². The molecule has 3 atom stereocenters. The lowest BCUT2D eigenvalue weighted by Crippen LogP contribution is -2.55. The van der Waals surface area contributed by atoms with Crippen LogP contribution < -0.4 is 5.32 Å². The van der Waals surface area contributed by atoms with Crippen molar-refractivity contribution in [1.82, 2.24) is 10.2 Å². The summed E-state index contributed by atoms with van der Waals surface area (Å²) < 4.78 is 0. The topological polar surface area (TPSA) is 15.3 Å². The quantitative estimate of drug-likeness (QED) is 0.786. The van der Waals surface area contributed by atoms with Crippen molar-refractivity contribution in [2.24, 2.45) is 11.3 Å². The van der Waals surface area contributed by atoms with Gasteiger partial charge in [-0.3, -0.25) is 4.90 Å². The Balaban J connectivity index is 2.84. The molecule has 0 radical (unpaired) electrons. The van der Waals surface area contributed by atoms with E-state index in [1.165, 1.54) is 32.2 Å². The molecule has 1 aliphatic rings. The maximum absolute atomic E-state index is 3.57. The van der Waals surface area contributed by atoms with Crippen LogP contribution in [-0.2, 0) is 0 Å². The molecule has 0 amide bonds. The molecule has 0 heterocycles. The molecule has 1 fully saturated rings. The average Bonchev–Trinajstić information content (AvgIpc) is 2.39. The number of nitrogens with one attached hydrogen (secondary N) is 1. The lowest BCUT2D eigenvalue weighted by molar-refractivity contribution is 0.0390. The molecule has 0 aromatic heterocycles. The first-order chi connectivity index (χ1) is 8.87. The fourth-order valence-corrected chi connectivity index (χ4v) is 3.83. The van der Waals surface area contributed by atoms with Crippen LogP contribution in [0.4, 0.5) is 0 Å². The Morgan fingerprint density at radius 2 is 1.84 bits per heavy atom. The monoisotopic (exact) mass is 268 g/mol. The van der Waals surface area contributed by atoms with E-state index in [0.717, 1.165) is 5.92 Å². The van der Waals surface area contributed by atoms with Gasteiger partial charge in [-0.2, -0.15) is 0 Å². The molecule has 3 unspecified atom stereocenters. The Hall–Kier alpha value is -0.0800. The Morgan fingerprint density at radius 3 is 2.26 bits per heavy atom. The van der Waals surface area contributed by atoms with Crippen molar-refractivity contribution in [1.29, 1.82) is 0 Å². The zero-order valence-corrected chi connectivity index (χ0v) is 14.3. The molecular weight excluding hydrogens is 232 g/mol. The SMILES string of the molecule is CCN(C(C)C)C1CC(C(C)(C)CC)CCC1NC. The molecular formula is C17H36N2. The molecule has 1 saturated carbocycles. The molecule has 0 aromatic carbocycles. The van der Waals surface area contributed by atoms with Gasteiger partial charge in [0.15, 0.2) is 0 Å². The van der Waals surface area contributed by atoms with E-state index in [1.807, 2.05) is 0 Å². The van der Waals surface area contributed by atoms with Gasteiger partial charge in [0.1, 0.15) is 0 Å². The van der Waals surface area contributed by atoms with Gasteiger partial charge in [0.05, 0.1) is 0 Å². The van der Waals surface area contributed by atoms with E-state index in [4.69, 9.17) is 0 Å². The van der Waals surface area contributed by atoms with E-state index in [-0.39, 0.29) is 0 Å². The minimum atomic E-state index is 0.493. The maximum atomic E-state index is 3.57. The van der Waals surface area contributed by atoms with E-state index in [2.05, 4.69) is 58.8 Å². The van der Waals surface area contributed by atoms with Crippen molar-refractivity contribution in [2.45, 2.75) is 85.4 Å². The molecule has 0 aromatic rings. The first kappa shape index (κ1) is 17.0. The zero-order chi connectivity index (χ0) is 14.6. The highest BCUT2D eigenvalue weighted by Crippen LogP contribution is 2.41. The predicted molar refractivity (Wildman–Crippen MR) is 85.6 cm³/mol. The fraction of sp³-hybridized carbons (Fsp3) is 1.00. The van der Waals surface area contributed by atoms with Gasteiger partial charge in [0, 0.05) is 18.1 Å². The highest BCUT2D eigenvalue weighted by atomic mass is 15.2. The van der Waals surface area contributed by atoms with Gasteiger partial charge >= 0.3 is 0 Å². The molecule has 0 bridgehead atoms. The van der Waals surface area contributed by atoms with Crippen molar-refractivity contribution >= 4 is 0 Å². The Morgan fingerprint density at radius 1 is 1.21 bits per heavy atom. The highest BCUT2D eigenvalue weighted by Gasteiger charge is 2.39. The third kappa shape index (κ3) is 3.95. The lowest BCUT2D eigenvalue weighted by atomic mass is 9.67. The number of nitrogens with zero attached hydrogens (tertiary/aromatic N) is 1. The summed E-state index contributed by atoms with van der Waals surface area (Å²) >= 11 is 0. The second kappa shape index (κ2) is 7.08. The largest absolute Gasteiger partial charge is 0.315 e. The summed E-state index contributed by atoms with van der Waals surface area (Å²) in [4.78, 5) is 2.69. The zero-order valence-electron chi connectivity index (χ0n) is 14.3. The number of hydrogen-bond acceptors (Lipinski definition) is 2. The number of hydrogen-bond donors (Lipinski definition) is 1. The Labute approximate surface area is 121 Å². The number of likely N-dealkylation sites (N-methyl/N-ethyl adjacent to an activating group) is 2. The van der Waals surface area contributed by atoms with Crippen LogP contribution in [0.1, 0.15) is 67.2 Å². The van der Waals surface area contributed by atoms with Gasteiger partial charge in [0.2, 0.25) is 0 Å². The molecule has 0 aliphatic heterocycles. The molecule has 2 heteroatoms. The van der Waals surface area contributed by atoms with Crippen molar-refractivity contribution < 1.29 is 0 Å². The lowest BCUT2D eigenvalue weighted by Gasteiger charge is -2.48. The first-order valence-electron chi connectivity index (χ1n) is 8.30. The number of rotatable bonds is 6. The van der Waals surface area contributed by atoms with Crippen LogP contribution in [0.3, 0.4) is 0 Å². The fourth-order valence-electron chi connectivity index (χ4n) is 3.83. The second-order valence-corrected chi connectivity index (χ2v) is 7.24. The van der Waals surface area contributed by atoms with Gasteiger partial charge < -0.3 is 5.32 Å². The van der Waals surface area contributed by atoms with Crippen LogP contribution in [-0.4, -0.2) is 36.6 Å². The molecule has 1 rings (SSSR count). The minimum Gasteiger partial charge on any atom is -0.315 e. The molecule has 2 nitrogen and oxygen atoms in total. The Bertz CT molecular complexity index is 260. The van der Waals surface area contributed by atoms with Crippen molar-refractivity contribution in [2.75, 3.05) is 13.6 Å². The van der Waals surface area contributed by atoms with Gasteiger partial charge in [-0.25, -0.2) is 0 Å². The van der Waals surface area contributed by atoms with Crippen LogP contribution in [0, 0.1) is 11.3 Å². The third-order valence-corrected chi connectivity index (χ3v) is 5.66. The third-order valence-electron chi connectivity index (χ3n) is 5.66. The molecule has 0 saturated heterocycles. The standard InChI is InChI=1S/C17H36N2/c1-8-17(5,6)14-10-11-15(18-7)16(12-14)19(9-2)13(3)4/h13-16,18H,8-12H2,1-7H3. The molecule has 1 N–H and O–H groups in total. The maximum Gasteiger partial charge on any atom is 0.0254 e. The summed E-state index contributed by atoms with van der Waals surface area (Å²) in [7, 11) is 2.14. The average molecular weight is 268 g/mol. The van der Waals surface area contributed by atoms with Crippen molar-refractivity contribution in [3.8, 4) is 0 Å². The van der Waals surface area contributed by atoms with Crippen LogP contribution >= 0.6 is 0 Å². The van der Waals surface area contributed by atoms with Crippen molar-refractivity contribution in [3.05, 3.63) is 0 Å². The summed E-state index contributed by atoms with van der Waals surface area (Å²) in [5, 5.41) is 3.57. The summed E-state index contributed by atoms with van der Waals surface area (Å²) in [6.07, 6.45) is 5.37.